The largest absolute Gasteiger partial charge is 0.336 e. The highest BCUT2D eigenvalue weighted by atomic mass is 16.2. The molecule has 5 nitrogen and oxygen atoms in total. The molecule has 5 heteroatoms. The summed E-state index contributed by atoms with van der Waals surface area (Å²) in [6, 6.07) is 17.2. The van der Waals surface area contributed by atoms with Crippen molar-refractivity contribution >= 4 is 17.6 Å². The van der Waals surface area contributed by atoms with E-state index < -0.39 is 0 Å². The van der Waals surface area contributed by atoms with E-state index in [1.807, 2.05) is 59.5 Å². The molecule has 0 radical (unpaired) electrons. The van der Waals surface area contributed by atoms with Gasteiger partial charge in [-0.15, -0.1) is 0 Å². The van der Waals surface area contributed by atoms with Gasteiger partial charge in [0, 0.05) is 37.4 Å². The number of carbonyl (C=O) groups is 2. The van der Waals surface area contributed by atoms with Crippen LogP contribution < -0.4 is 10.2 Å². The van der Waals surface area contributed by atoms with Crippen LogP contribution in [0, 0.1) is 5.41 Å². The highest BCUT2D eigenvalue weighted by molar-refractivity contribution is 5.98. The molecule has 0 atom stereocenters. The minimum atomic E-state index is -0.115. The summed E-state index contributed by atoms with van der Waals surface area (Å²) in [5, 5.41) is 2.79. The number of anilines is 1. The lowest BCUT2D eigenvalue weighted by molar-refractivity contribution is 0.0680. The maximum atomic E-state index is 13.3. The highest BCUT2D eigenvalue weighted by Crippen LogP contribution is 2.23. The quantitative estimate of drug-likeness (QED) is 0.873. The zero-order valence-electron chi connectivity index (χ0n) is 16.2. The van der Waals surface area contributed by atoms with Crippen LogP contribution in [0.5, 0.6) is 0 Å². The van der Waals surface area contributed by atoms with Crippen molar-refractivity contribution in [3.8, 4) is 0 Å². The monoisotopic (exact) mass is 365 g/mol. The summed E-state index contributed by atoms with van der Waals surface area (Å²) in [6.07, 6.45) is 0. The number of carbonyl (C=O) groups excluding carboxylic acids is 2. The Kier molecular flexibility index (Phi) is 5.49. The van der Waals surface area contributed by atoms with Crippen molar-refractivity contribution in [3.05, 3.63) is 65.7 Å². The van der Waals surface area contributed by atoms with Gasteiger partial charge in [0.15, 0.2) is 0 Å². The summed E-state index contributed by atoms with van der Waals surface area (Å²) in [4.78, 5) is 28.8. The van der Waals surface area contributed by atoms with Crippen LogP contribution in [0.1, 0.15) is 36.7 Å². The van der Waals surface area contributed by atoms with E-state index in [0.29, 0.717) is 31.7 Å². The van der Waals surface area contributed by atoms with Crippen LogP contribution in [0.3, 0.4) is 0 Å². The molecule has 0 bridgehead atoms. The topological polar surface area (TPSA) is 52.7 Å². The Bertz CT molecular complexity index is 812. The third kappa shape index (κ3) is 4.88. The number of rotatable bonds is 5. The molecular formula is C22H27N3O2. The van der Waals surface area contributed by atoms with Crippen LogP contribution in [0.2, 0.25) is 0 Å². The second kappa shape index (κ2) is 7.82. The van der Waals surface area contributed by atoms with Gasteiger partial charge in [0.1, 0.15) is 0 Å². The standard InChI is InChI=1S/C22H27N3O2/c1-22(2,3)16-24(15-17-8-5-4-6-9-17)20(26)18-10-7-11-19(14-18)25-13-12-23-21(25)27/h4-11,14H,12-13,15-16H2,1-3H3,(H,23,27). The van der Waals surface area contributed by atoms with Crippen LogP contribution in [0.15, 0.2) is 54.6 Å². The van der Waals surface area contributed by atoms with Crippen molar-refractivity contribution in [2.75, 3.05) is 24.5 Å². The van der Waals surface area contributed by atoms with E-state index in [1.165, 1.54) is 0 Å². The fraction of sp³-hybridized carbons (Fsp3) is 0.364. The van der Waals surface area contributed by atoms with E-state index in [4.69, 9.17) is 0 Å². The zero-order valence-corrected chi connectivity index (χ0v) is 16.2. The third-order valence-electron chi connectivity index (χ3n) is 4.43. The van der Waals surface area contributed by atoms with Crippen molar-refractivity contribution < 1.29 is 9.59 Å². The van der Waals surface area contributed by atoms with Crippen molar-refractivity contribution in [3.63, 3.8) is 0 Å². The predicted molar refractivity (Wildman–Crippen MR) is 108 cm³/mol. The second-order valence-corrected chi connectivity index (χ2v) is 8.14. The van der Waals surface area contributed by atoms with Crippen LogP contribution in [-0.4, -0.2) is 36.5 Å². The molecule has 1 aliphatic heterocycles. The summed E-state index contributed by atoms with van der Waals surface area (Å²) in [5.74, 6) is -0.0183. The van der Waals surface area contributed by atoms with E-state index in [1.54, 1.807) is 4.90 Å². The van der Waals surface area contributed by atoms with Gasteiger partial charge in [0.25, 0.3) is 5.91 Å². The van der Waals surface area contributed by atoms with Gasteiger partial charge < -0.3 is 10.2 Å². The molecule has 2 aromatic carbocycles. The molecule has 142 valence electrons. The minimum Gasteiger partial charge on any atom is -0.336 e. The lowest BCUT2D eigenvalue weighted by Crippen LogP contribution is -2.37. The molecule has 0 saturated carbocycles. The van der Waals surface area contributed by atoms with E-state index in [-0.39, 0.29) is 17.4 Å². The number of hydrogen-bond acceptors (Lipinski definition) is 2. The molecule has 1 heterocycles. The van der Waals surface area contributed by atoms with Gasteiger partial charge in [-0.25, -0.2) is 4.79 Å². The maximum Gasteiger partial charge on any atom is 0.321 e. The van der Waals surface area contributed by atoms with Gasteiger partial charge in [0.2, 0.25) is 0 Å². The summed E-state index contributed by atoms with van der Waals surface area (Å²) in [5.41, 5.74) is 2.44. The predicted octanol–water partition coefficient (Wildman–Crippen LogP) is 3.90. The Morgan fingerprint density at radius 3 is 2.48 bits per heavy atom. The van der Waals surface area contributed by atoms with E-state index >= 15 is 0 Å². The molecule has 1 aliphatic rings. The minimum absolute atomic E-state index is 0.0170. The van der Waals surface area contributed by atoms with Crippen LogP contribution in [0.25, 0.3) is 0 Å². The Labute approximate surface area is 161 Å². The van der Waals surface area contributed by atoms with E-state index in [9.17, 15) is 9.59 Å². The van der Waals surface area contributed by atoms with Gasteiger partial charge >= 0.3 is 6.03 Å². The van der Waals surface area contributed by atoms with Gasteiger partial charge in [-0.3, -0.25) is 9.69 Å². The van der Waals surface area contributed by atoms with Crippen molar-refractivity contribution in [2.45, 2.75) is 27.3 Å². The summed E-state index contributed by atoms with van der Waals surface area (Å²) in [7, 11) is 0. The normalized spacial score (nSPS) is 14.2. The van der Waals surface area contributed by atoms with Gasteiger partial charge in [-0.2, -0.15) is 0 Å². The van der Waals surface area contributed by atoms with Crippen molar-refractivity contribution in [1.29, 1.82) is 0 Å². The molecule has 2 aromatic rings. The first-order chi connectivity index (χ1) is 12.8. The number of nitrogens with zero attached hydrogens (tertiary/aromatic N) is 2. The summed E-state index contributed by atoms with van der Waals surface area (Å²) >= 11 is 0. The molecule has 1 N–H and O–H groups in total. The molecule has 0 spiro atoms. The number of nitrogens with one attached hydrogen (secondary N) is 1. The molecule has 3 rings (SSSR count). The molecule has 1 fully saturated rings. The smallest absolute Gasteiger partial charge is 0.321 e. The van der Waals surface area contributed by atoms with Crippen molar-refractivity contribution in [2.24, 2.45) is 5.41 Å². The average molecular weight is 365 g/mol. The number of hydrogen-bond donors (Lipinski definition) is 1. The number of urea groups is 1. The van der Waals surface area contributed by atoms with E-state index in [2.05, 4.69) is 26.1 Å². The lowest BCUT2D eigenvalue weighted by Gasteiger charge is -2.30. The summed E-state index contributed by atoms with van der Waals surface area (Å²) < 4.78 is 0. The highest BCUT2D eigenvalue weighted by Gasteiger charge is 2.25. The average Bonchev–Trinajstić information content (AvgIpc) is 3.06. The molecule has 3 amide bonds. The third-order valence-corrected chi connectivity index (χ3v) is 4.43. The SMILES string of the molecule is CC(C)(C)CN(Cc1ccccc1)C(=O)c1cccc(N2CCNC2=O)c1. The molecular weight excluding hydrogens is 338 g/mol. The fourth-order valence-corrected chi connectivity index (χ4v) is 3.28. The molecule has 27 heavy (non-hydrogen) atoms. The lowest BCUT2D eigenvalue weighted by atomic mass is 9.95. The number of benzene rings is 2. The maximum absolute atomic E-state index is 13.3. The molecule has 0 aliphatic carbocycles. The van der Waals surface area contributed by atoms with E-state index in [0.717, 1.165) is 11.3 Å². The van der Waals surface area contributed by atoms with Crippen LogP contribution in [0.4, 0.5) is 10.5 Å². The Morgan fingerprint density at radius 2 is 1.85 bits per heavy atom. The fourth-order valence-electron chi connectivity index (χ4n) is 3.28. The Hall–Kier alpha value is -2.82. The second-order valence-electron chi connectivity index (χ2n) is 8.14. The van der Waals surface area contributed by atoms with Crippen LogP contribution >= 0.6 is 0 Å². The molecule has 1 saturated heterocycles. The summed E-state index contributed by atoms with van der Waals surface area (Å²) in [6.45, 7) is 8.84. The van der Waals surface area contributed by atoms with Crippen LogP contribution in [-0.2, 0) is 6.54 Å². The first-order valence-corrected chi connectivity index (χ1v) is 9.32. The first kappa shape index (κ1) is 19.0. The zero-order chi connectivity index (χ0) is 19.4. The molecule has 0 unspecified atom stereocenters. The van der Waals surface area contributed by atoms with Gasteiger partial charge in [-0.1, -0.05) is 57.2 Å². The Morgan fingerprint density at radius 1 is 1.11 bits per heavy atom. The van der Waals surface area contributed by atoms with Gasteiger partial charge in [0.05, 0.1) is 0 Å². The Balaban J connectivity index is 1.85. The molecule has 0 aromatic heterocycles. The van der Waals surface area contributed by atoms with Crippen molar-refractivity contribution in [1.82, 2.24) is 10.2 Å². The van der Waals surface area contributed by atoms with Gasteiger partial charge in [-0.05, 0) is 29.2 Å². The first-order valence-electron chi connectivity index (χ1n) is 9.32. The number of amides is 3.